The Bertz CT molecular complexity index is 730. The third kappa shape index (κ3) is 4.08. The van der Waals surface area contributed by atoms with Crippen LogP contribution in [0.15, 0.2) is 23.1 Å². The Hall–Kier alpha value is -1.93. The Morgan fingerprint density at radius 1 is 1.39 bits per heavy atom. The summed E-state index contributed by atoms with van der Waals surface area (Å²) in [5.41, 5.74) is 1.18. The Balaban J connectivity index is 2.24. The van der Waals surface area contributed by atoms with E-state index in [9.17, 15) is 13.2 Å². The van der Waals surface area contributed by atoms with Crippen LogP contribution >= 0.6 is 0 Å². The van der Waals surface area contributed by atoms with Crippen LogP contribution < -0.4 is 10.5 Å². The molecule has 7 nitrogen and oxygen atoms in total. The van der Waals surface area contributed by atoms with Gasteiger partial charge in [-0.25, -0.2) is 13.6 Å². The van der Waals surface area contributed by atoms with Crippen molar-refractivity contribution < 1.29 is 13.2 Å². The summed E-state index contributed by atoms with van der Waals surface area (Å²) >= 11 is 0. The lowest BCUT2D eigenvalue weighted by Gasteiger charge is -2.35. The minimum Gasteiger partial charge on any atom is -0.349 e. The summed E-state index contributed by atoms with van der Waals surface area (Å²) in [6.07, 6.45) is 2.56. The van der Waals surface area contributed by atoms with Gasteiger partial charge >= 0.3 is 0 Å². The number of amidine groups is 1. The number of nitrogens with two attached hydrogens (primary N) is 1. The maximum Gasteiger partial charge on any atom is 0.247 e. The van der Waals surface area contributed by atoms with Crippen LogP contribution in [0.4, 0.5) is 5.69 Å². The number of piperidine rings is 1. The van der Waals surface area contributed by atoms with Gasteiger partial charge in [-0.1, -0.05) is 6.07 Å². The van der Waals surface area contributed by atoms with Gasteiger partial charge < -0.3 is 10.2 Å². The number of carbonyl (C=O) groups is 1. The molecule has 1 aromatic carbocycles. The lowest BCUT2D eigenvalue weighted by molar-refractivity contribution is -0.120. The molecule has 1 amide bonds. The van der Waals surface area contributed by atoms with Gasteiger partial charge in [0.2, 0.25) is 15.9 Å². The van der Waals surface area contributed by atoms with Crippen LogP contribution in [-0.2, 0) is 14.8 Å². The molecule has 4 N–H and O–H groups in total. The molecule has 1 aromatic rings. The van der Waals surface area contributed by atoms with Crippen LogP contribution in [0.3, 0.4) is 0 Å². The van der Waals surface area contributed by atoms with E-state index < -0.39 is 16.1 Å². The molecule has 23 heavy (non-hydrogen) atoms. The molecule has 1 saturated heterocycles. The molecule has 1 aliphatic heterocycles. The molecular weight excluding hydrogens is 316 g/mol. The second kappa shape index (κ2) is 6.67. The van der Waals surface area contributed by atoms with Gasteiger partial charge in [-0.3, -0.25) is 10.2 Å². The van der Waals surface area contributed by atoms with Crippen LogP contribution in [-0.4, -0.2) is 37.6 Å². The topological polar surface area (TPSA) is 116 Å². The Morgan fingerprint density at radius 2 is 2.09 bits per heavy atom. The van der Waals surface area contributed by atoms with Gasteiger partial charge in [-0.2, -0.15) is 0 Å². The van der Waals surface area contributed by atoms with Crippen LogP contribution in [0.25, 0.3) is 0 Å². The highest BCUT2D eigenvalue weighted by Crippen LogP contribution is 2.22. The number of nitrogens with zero attached hydrogens (tertiary/aromatic N) is 1. The quantitative estimate of drug-likeness (QED) is 0.571. The monoisotopic (exact) mass is 338 g/mol. The average molecular weight is 338 g/mol. The molecule has 0 aromatic heterocycles. The second-order valence-corrected chi connectivity index (χ2v) is 7.36. The molecule has 0 saturated carbocycles. The molecule has 1 fully saturated rings. The number of amides is 1. The molecule has 0 radical (unpaired) electrons. The van der Waals surface area contributed by atoms with Gasteiger partial charge in [0.05, 0.1) is 10.7 Å². The Labute approximate surface area is 136 Å². The fourth-order valence-corrected chi connectivity index (χ4v) is 3.27. The van der Waals surface area contributed by atoms with Crippen molar-refractivity contribution in [2.45, 2.75) is 44.0 Å². The first kappa shape index (κ1) is 17.4. The highest BCUT2D eigenvalue weighted by molar-refractivity contribution is 7.89. The van der Waals surface area contributed by atoms with Gasteiger partial charge in [-0.05, 0) is 50.8 Å². The molecule has 2 rings (SSSR count). The van der Waals surface area contributed by atoms with Crippen molar-refractivity contribution in [2.75, 3.05) is 11.9 Å². The van der Waals surface area contributed by atoms with E-state index in [1.165, 1.54) is 12.1 Å². The van der Waals surface area contributed by atoms with E-state index in [4.69, 9.17) is 10.5 Å². The number of primary sulfonamides is 1. The molecule has 0 unspecified atom stereocenters. The fraction of sp³-hybridized carbons (Fsp3) is 0.467. The van der Waals surface area contributed by atoms with Crippen LogP contribution in [0.2, 0.25) is 0 Å². The third-order valence-corrected chi connectivity index (χ3v) is 4.94. The zero-order valence-corrected chi connectivity index (χ0v) is 14.1. The van der Waals surface area contributed by atoms with Crippen molar-refractivity contribution in [1.29, 1.82) is 5.41 Å². The number of benzene rings is 1. The maximum atomic E-state index is 12.6. The van der Waals surface area contributed by atoms with E-state index in [-0.39, 0.29) is 10.8 Å². The molecule has 0 aliphatic carbocycles. The SMILES string of the molecule is CC(=N)N1CCCC[C@@H]1C(=O)Nc1cc(S(N)(=O)=O)ccc1C. The van der Waals surface area contributed by atoms with Crippen molar-refractivity contribution in [3.05, 3.63) is 23.8 Å². The summed E-state index contributed by atoms with van der Waals surface area (Å²) in [4.78, 5) is 14.3. The minimum atomic E-state index is -3.82. The first-order valence-corrected chi connectivity index (χ1v) is 9.01. The Morgan fingerprint density at radius 3 is 2.70 bits per heavy atom. The lowest BCUT2D eigenvalue weighted by Crippen LogP contribution is -2.49. The Kier molecular flexibility index (Phi) is 5.06. The van der Waals surface area contributed by atoms with Gasteiger partial charge in [0.15, 0.2) is 0 Å². The van der Waals surface area contributed by atoms with Crippen LogP contribution in [0.5, 0.6) is 0 Å². The van der Waals surface area contributed by atoms with E-state index in [0.717, 1.165) is 18.4 Å². The largest absolute Gasteiger partial charge is 0.349 e. The normalized spacial score (nSPS) is 18.6. The molecular formula is C15H22N4O3S. The second-order valence-electron chi connectivity index (χ2n) is 5.80. The van der Waals surface area contributed by atoms with Gasteiger partial charge in [-0.15, -0.1) is 0 Å². The molecule has 126 valence electrons. The van der Waals surface area contributed by atoms with Crippen molar-refractivity contribution in [2.24, 2.45) is 5.14 Å². The number of nitrogens with one attached hydrogen (secondary N) is 2. The van der Waals surface area contributed by atoms with Crippen molar-refractivity contribution >= 4 is 27.5 Å². The fourth-order valence-electron chi connectivity index (χ4n) is 2.73. The average Bonchev–Trinajstić information content (AvgIpc) is 2.48. The van der Waals surface area contributed by atoms with Crippen molar-refractivity contribution in [3.8, 4) is 0 Å². The highest BCUT2D eigenvalue weighted by Gasteiger charge is 2.29. The predicted molar refractivity (Wildman–Crippen MR) is 88.9 cm³/mol. The summed E-state index contributed by atoms with van der Waals surface area (Å²) in [7, 11) is -3.82. The number of aryl methyl sites for hydroxylation is 1. The van der Waals surface area contributed by atoms with E-state index >= 15 is 0 Å². The zero-order valence-electron chi connectivity index (χ0n) is 13.3. The van der Waals surface area contributed by atoms with Gasteiger partial charge in [0, 0.05) is 12.2 Å². The molecule has 0 spiro atoms. The van der Waals surface area contributed by atoms with Crippen molar-refractivity contribution in [3.63, 3.8) is 0 Å². The number of likely N-dealkylation sites (tertiary alicyclic amines) is 1. The minimum absolute atomic E-state index is 0.0397. The molecule has 1 atom stereocenters. The standard InChI is InChI=1S/C15H22N4O3S/c1-10-6-7-12(23(17,21)22)9-13(10)18-15(20)14-5-3-4-8-19(14)11(2)16/h6-7,9,14,16H,3-5,8H2,1-2H3,(H,18,20)(H2,17,21,22)/t14-/m1/s1. The molecule has 1 heterocycles. The molecule has 8 heteroatoms. The number of sulfonamides is 1. The number of hydrogen-bond acceptors (Lipinski definition) is 4. The highest BCUT2D eigenvalue weighted by atomic mass is 32.2. The van der Waals surface area contributed by atoms with E-state index in [1.807, 2.05) is 0 Å². The summed E-state index contributed by atoms with van der Waals surface area (Å²) < 4.78 is 22.9. The van der Waals surface area contributed by atoms with E-state index in [0.29, 0.717) is 24.5 Å². The van der Waals surface area contributed by atoms with Gasteiger partial charge in [0.1, 0.15) is 6.04 Å². The first-order chi connectivity index (χ1) is 10.7. The first-order valence-electron chi connectivity index (χ1n) is 7.46. The van der Waals surface area contributed by atoms with Crippen LogP contribution in [0, 0.1) is 12.3 Å². The lowest BCUT2D eigenvalue weighted by atomic mass is 10.0. The predicted octanol–water partition coefficient (Wildman–Crippen LogP) is 1.43. The van der Waals surface area contributed by atoms with Crippen LogP contribution in [0.1, 0.15) is 31.7 Å². The molecule has 0 bridgehead atoms. The maximum absolute atomic E-state index is 12.6. The number of rotatable bonds is 3. The molecule has 1 aliphatic rings. The number of hydrogen-bond donors (Lipinski definition) is 3. The number of carbonyl (C=O) groups excluding carboxylic acids is 1. The van der Waals surface area contributed by atoms with Crippen molar-refractivity contribution in [1.82, 2.24) is 4.90 Å². The van der Waals surface area contributed by atoms with Gasteiger partial charge in [0.25, 0.3) is 0 Å². The summed E-state index contributed by atoms with van der Waals surface area (Å²) in [5, 5.41) is 15.7. The summed E-state index contributed by atoms with van der Waals surface area (Å²) in [6.45, 7) is 4.13. The van der Waals surface area contributed by atoms with E-state index in [2.05, 4.69) is 5.32 Å². The number of anilines is 1. The van der Waals surface area contributed by atoms with E-state index in [1.54, 1.807) is 24.8 Å². The third-order valence-electron chi connectivity index (χ3n) is 4.03. The zero-order chi connectivity index (χ0) is 17.2. The summed E-state index contributed by atoms with van der Waals surface area (Å²) in [6, 6.07) is 3.98. The smallest absolute Gasteiger partial charge is 0.247 e. The summed E-state index contributed by atoms with van der Waals surface area (Å²) in [5.74, 6) is 0.130.